The zero-order valence-electron chi connectivity index (χ0n) is 17.4. The van der Waals surface area contributed by atoms with Crippen LogP contribution in [0.4, 0.5) is 11.4 Å². The van der Waals surface area contributed by atoms with Gasteiger partial charge in [-0.2, -0.15) is 0 Å². The number of nitrogens with zero attached hydrogens (tertiary/aromatic N) is 1. The van der Waals surface area contributed by atoms with Gasteiger partial charge in [-0.25, -0.2) is 4.79 Å². The minimum Gasteiger partial charge on any atom is -0.421 e. The summed E-state index contributed by atoms with van der Waals surface area (Å²) in [6.45, 7) is 4.04. The number of hydrogen-bond acceptors (Lipinski definition) is 6. The van der Waals surface area contributed by atoms with Crippen LogP contribution in [0.25, 0.3) is 11.0 Å². The van der Waals surface area contributed by atoms with Crippen molar-refractivity contribution < 1.29 is 14.1 Å². The number of nitro benzene ring substituents is 1. The van der Waals surface area contributed by atoms with Gasteiger partial charge < -0.3 is 9.73 Å². The molecule has 32 heavy (non-hydrogen) atoms. The third-order valence-corrected chi connectivity index (χ3v) is 6.61. The van der Waals surface area contributed by atoms with Crippen LogP contribution in [0.5, 0.6) is 0 Å². The Morgan fingerprint density at radius 1 is 1.12 bits per heavy atom. The number of non-ortho nitro benzene ring substituents is 1. The summed E-state index contributed by atoms with van der Waals surface area (Å²) in [5, 5.41) is 15.1. The summed E-state index contributed by atoms with van der Waals surface area (Å²) in [6.07, 6.45) is 0.988. The molecule has 7 nitrogen and oxygen atoms in total. The van der Waals surface area contributed by atoms with Crippen molar-refractivity contribution in [2.45, 2.75) is 32.6 Å². The van der Waals surface area contributed by atoms with E-state index in [1.54, 1.807) is 24.3 Å². The van der Waals surface area contributed by atoms with E-state index in [0.717, 1.165) is 4.47 Å². The first kappa shape index (κ1) is 20.6. The van der Waals surface area contributed by atoms with Crippen molar-refractivity contribution in [3.05, 3.63) is 89.9 Å². The van der Waals surface area contributed by atoms with Crippen LogP contribution < -0.4 is 10.9 Å². The van der Waals surface area contributed by atoms with Gasteiger partial charge in [0.05, 0.1) is 4.92 Å². The van der Waals surface area contributed by atoms with Crippen molar-refractivity contribution in [1.29, 1.82) is 0 Å². The van der Waals surface area contributed by atoms with Gasteiger partial charge in [-0.05, 0) is 35.6 Å². The van der Waals surface area contributed by atoms with Crippen LogP contribution in [0.2, 0.25) is 0 Å². The Morgan fingerprint density at radius 2 is 1.84 bits per heavy atom. The zero-order valence-corrected chi connectivity index (χ0v) is 19.0. The van der Waals surface area contributed by atoms with E-state index >= 15 is 0 Å². The number of rotatable bonds is 2. The number of benzene rings is 2. The molecular formula is C24H19BrN2O5. The van der Waals surface area contributed by atoms with Crippen molar-refractivity contribution in [2.24, 2.45) is 5.41 Å². The fourth-order valence-electron chi connectivity index (χ4n) is 4.81. The number of allylic oxidation sites excluding steroid dienone is 2. The van der Waals surface area contributed by atoms with Crippen LogP contribution in [0.15, 0.2) is 67.4 Å². The molecule has 1 N–H and O–H groups in total. The van der Waals surface area contributed by atoms with E-state index in [-0.39, 0.29) is 16.9 Å². The monoisotopic (exact) mass is 494 g/mol. The highest BCUT2D eigenvalue weighted by Crippen LogP contribution is 2.50. The maximum absolute atomic E-state index is 13.4. The molecule has 0 saturated heterocycles. The molecule has 2 aliphatic rings. The molecule has 0 amide bonds. The summed E-state index contributed by atoms with van der Waals surface area (Å²) in [7, 11) is 0. The van der Waals surface area contributed by atoms with Crippen molar-refractivity contribution in [3.8, 4) is 0 Å². The second kappa shape index (κ2) is 7.13. The Morgan fingerprint density at radius 3 is 2.53 bits per heavy atom. The quantitative estimate of drug-likeness (QED) is 0.280. The van der Waals surface area contributed by atoms with E-state index in [2.05, 4.69) is 21.2 Å². The summed E-state index contributed by atoms with van der Waals surface area (Å²) >= 11 is 3.48. The van der Waals surface area contributed by atoms with E-state index in [0.29, 0.717) is 51.9 Å². The number of carbonyl (C=O) groups excluding carboxylic acids is 1. The Kier molecular flexibility index (Phi) is 4.60. The summed E-state index contributed by atoms with van der Waals surface area (Å²) in [4.78, 5) is 37.1. The second-order valence-corrected chi connectivity index (χ2v) is 9.97. The standard InChI is InChI=1S/C24H19BrN2O5/c1-24(2)10-16-21(17(28)11-24)19(12-3-6-14(7-4-12)27(30)31)20-15-9-13(25)5-8-18(15)32-23(29)22(20)26-16/h3-9,19,26H,10-11H2,1-2H3. The van der Waals surface area contributed by atoms with Crippen LogP contribution in [0.1, 0.15) is 43.7 Å². The van der Waals surface area contributed by atoms with E-state index in [4.69, 9.17) is 4.42 Å². The molecule has 0 fully saturated rings. The maximum Gasteiger partial charge on any atom is 0.360 e. The van der Waals surface area contributed by atoms with Gasteiger partial charge in [0.2, 0.25) is 0 Å². The molecular weight excluding hydrogens is 476 g/mol. The Balaban J connectivity index is 1.84. The highest BCUT2D eigenvalue weighted by atomic mass is 79.9. The van der Waals surface area contributed by atoms with E-state index in [1.165, 1.54) is 12.1 Å². The molecule has 0 saturated carbocycles. The van der Waals surface area contributed by atoms with Crippen LogP contribution in [0, 0.1) is 15.5 Å². The number of carbonyl (C=O) groups is 1. The maximum atomic E-state index is 13.4. The van der Waals surface area contributed by atoms with Crippen molar-refractivity contribution in [3.63, 3.8) is 0 Å². The molecule has 162 valence electrons. The fraction of sp³-hybridized carbons (Fsp3) is 0.250. The SMILES string of the molecule is CC1(C)CC(=O)C2=C(C1)Nc1c(c3cc(Br)ccc3oc1=O)C2c1ccc([N+](=O)[O-])cc1. The Bertz CT molecular complexity index is 1400. The molecule has 8 heteroatoms. The lowest BCUT2D eigenvalue weighted by atomic mass is 9.68. The lowest BCUT2D eigenvalue weighted by Crippen LogP contribution is -2.35. The third-order valence-electron chi connectivity index (χ3n) is 6.12. The minimum absolute atomic E-state index is 0.00846. The molecule has 1 aliphatic heterocycles. The first-order valence-corrected chi connectivity index (χ1v) is 11.0. The van der Waals surface area contributed by atoms with E-state index in [1.807, 2.05) is 19.9 Å². The normalized spacial score (nSPS) is 19.3. The average Bonchev–Trinajstić information content (AvgIpc) is 2.72. The molecule has 5 rings (SSSR count). The largest absolute Gasteiger partial charge is 0.421 e. The molecule has 0 bridgehead atoms. The van der Waals surface area contributed by atoms with E-state index < -0.39 is 16.5 Å². The lowest BCUT2D eigenvalue weighted by molar-refractivity contribution is -0.384. The molecule has 1 atom stereocenters. The van der Waals surface area contributed by atoms with Crippen molar-refractivity contribution in [1.82, 2.24) is 0 Å². The average molecular weight is 495 g/mol. The van der Waals surface area contributed by atoms with Gasteiger partial charge in [0.1, 0.15) is 11.3 Å². The van der Waals surface area contributed by atoms with Gasteiger partial charge in [0.15, 0.2) is 5.78 Å². The van der Waals surface area contributed by atoms with Crippen LogP contribution in [-0.2, 0) is 4.79 Å². The summed E-state index contributed by atoms with van der Waals surface area (Å²) in [5.74, 6) is -0.527. The molecule has 2 heterocycles. The van der Waals surface area contributed by atoms with Gasteiger partial charge in [0, 0.05) is 51.2 Å². The number of halogens is 1. The molecule has 1 unspecified atom stereocenters. The highest BCUT2D eigenvalue weighted by Gasteiger charge is 2.42. The Labute approximate surface area is 191 Å². The second-order valence-electron chi connectivity index (χ2n) is 9.06. The number of hydrogen-bond donors (Lipinski definition) is 1. The first-order chi connectivity index (χ1) is 15.1. The number of nitro groups is 1. The first-order valence-electron chi connectivity index (χ1n) is 10.2. The zero-order chi connectivity index (χ0) is 22.8. The van der Waals surface area contributed by atoms with Gasteiger partial charge in [-0.15, -0.1) is 0 Å². The lowest BCUT2D eigenvalue weighted by Gasteiger charge is -2.39. The number of anilines is 1. The topological polar surface area (TPSA) is 102 Å². The van der Waals surface area contributed by atoms with Gasteiger partial charge in [0.25, 0.3) is 5.69 Å². The van der Waals surface area contributed by atoms with Crippen molar-refractivity contribution in [2.75, 3.05) is 5.32 Å². The van der Waals surface area contributed by atoms with E-state index in [9.17, 15) is 19.7 Å². The van der Waals surface area contributed by atoms with Crippen LogP contribution in [-0.4, -0.2) is 10.7 Å². The molecule has 0 spiro atoms. The highest BCUT2D eigenvalue weighted by molar-refractivity contribution is 9.10. The molecule has 3 aromatic rings. The smallest absolute Gasteiger partial charge is 0.360 e. The molecule has 1 aromatic heterocycles. The predicted molar refractivity (Wildman–Crippen MR) is 124 cm³/mol. The summed E-state index contributed by atoms with van der Waals surface area (Å²) in [6, 6.07) is 11.5. The van der Waals surface area contributed by atoms with Gasteiger partial charge >= 0.3 is 5.63 Å². The van der Waals surface area contributed by atoms with Gasteiger partial charge in [-0.3, -0.25) is 14.9 Å². The van der Waals surface area contributed by atoms with Crippen LogP contribution in [0.3, 0.4) is 0 Å². The number of nitrogens with one attached hydrogen (secondary N) is 1. The number of Topliss-reactive ketones (excluding diaryl/α,β-unsaturated/α-hetero) is 1. The molecule has 1 aliphatic carbocycles. The summed E-state index contributed by atoms with van der Waals surface area (Å²) in [5.41, 5.74) is 2.62. The number of fused-ring (bicyclic) bond motifs is 3. The van der Waals surface area contributed by atoms with Crippen molar-refractivity contribution >= 4 is 44.1 Å². The predicted octanol–water partition coefficient (Wildman–Crippen LogP) is 5.66. The number of ketones is 1. The molecule has 0 radical (unpaired) electrons. The van der Waals surface area contributed by atoms with Gasteiger partial charge in [-0.1, -0.05) is 41.9 Å². The minimum atomic E-state index is -0.536. The Hall–Kier alpha value is -3.26. The third kappa shape index (κ3) is 3.26. The van der Waals surface area contributed by atoms with Crippen LogP contribution >= 0.6 is 15.9 Å². The molecule has 2 aromatic carbocycles. The summed E-state index contributed by atoms with van der Waals surface area (Å²) < 4.78 is 6.38. The fourth-order valence-corrected chi connectivity index (χ4v) is 5.17.